The van der Waals surface area contributed by atoms with Crippen molar-refractivity contribution in [1.82, 2.24) is 4.57 Å². The van der Waals surface area contributed by atoms with Crippen LogP contribution in [0, 0.1) is 0 Å². The topological polar surface area (TPSA) is 8.17 Å². The van der Waals surface area contributed by atoms with Crippen LogP contribution in [0.2, 0.25) is 0 Å². The molecule has 0 unspecified atom stereocenters. The van der Waals surface area contributed by atoms with E-state index in [4.69, 9.17) is 0 Å². The van der Waals surface area contributed by atoms with Gasteiger partial charge in [0, 0.05) is 33.3 Å². The number of fused-ring (bicyclic) bond motifs is 5. The van der Waals surface area contributed by atoms with Crippen molar-refractivity contribution in [2.75, 3.05) is 4.90 Å². The molecule has 272 valence electrons. The number of nitrogens with zero attached hydrogens (tertiary/aromatic N) is 2. The van der Waals surface area contributed by atoms with Crippen molar-refractivity contribution < 1.29 is 0 Å². The molecule has 0 amide bonds. The van der Waals surface area contributed by atoms with Crippen molar-refractivity contribution in [3.05, 3.63) is 231 Å². The Morgan fingerprint density at radius 3 is 1.59 bits per heavy atom. The maximum absolute atomic E-state index is 2.44. The van der Waals surface area contributed by atoms with E-state index in [1.54, 1.807) is 0 Å². The van der Waals surface area contributed by atoms with Crippen LogP contribution in [0.5, 0.6) is 0 Å². The molecule has 0 aliphatic heterocycles. The minimum absolute atomic E-state index is 1.09. The van der Waals surface area contributed by atoms with Gasteiger partial charge in [0.1, 0.15) is 0 Å². The smallest absolute Gasteiger partial charge is 0.0547 e. The van der Waals surface area contributed by atoms with Crippen LogP contribution in [0.1, 0.15) is 0 Å². The molecule has 0 radical (unpaired) electrons. The van der Waals surface area contributed by atoms with Crippen molar-refractivity contribution in [1.29, 1.82) is 0 Å². The second-order valence-electron chi connectivity index (χ2n) is 15.0. The van der Waals surface area contributed by atoms with Gasteiger partial charge >= 0.3 is 0 Å². The summed E-state index contributed by atoms with van der Waals surface area (Å²) >= 11 is 0. The molecule has 0 saturated carbocycles. The number of benzene rings is 10. The lowest BCUT2D eigenvalue weighted by Crippen LogP contribution is -2.11. The normalized spacial score (nSPS) is 11.4. The molecule has 11 aromatic rings. The van der Waals surface area contributed by atoms with Gasteiger partial charge in [0.15, 0.2) is 0 Å². The summed E-state index contributed by atoms with van der Waals surface area (Å²) < 4.78 is 2.44. The molecule has 58 heavy (non-hydrogen) atoms. The highest BCUT2D eigenvalue weighted by atomic mass is 15.1. The van der Waals surface area contributed by atoms with Crippen LogP contribution in [0.15, 0.2) is 231 Å². The Morgan fingerprint density at radius 2 is 0.828 bits per heavy atom. The Labute approximate surface area is 338 Å². The fourth-order valence-corrected chi connectivity index (χ4v) is 8.75. The second kappa shape index (κ2) is 14.1. The SMILES string of the molecule is c1ccc(-c2ccccc2N(c2ccc(-c3ccc4ccccc4c3)cc2)c2ccc(-c3ccccc3-n3c4ccccc4c4cc5ccccc5cc43)cc2)cc1. The molecule has 0 fully saturated rings. The summed E-state index contributed by atoms with van der Waals surface area (Å²) in [5.41, 5.74) is 14.0. The first-order valence-corrected chi connectivity index (χ1v) is 19.9. The lowest BCUT2D eigenvalue weighted by molar-refractivity contribution is 1.18. The first-order chi connectivity index (χ1) is 28.8. The van der Waals surface area contributed by atoms with Crippen LogP contribution in [-0.4, -0.2) is 4.57 Å². The van der Waals surface area contributed by atoms with Crippen molar-refractivity contribution in [2.45, 2.75) is 0 Å². The molecule has 11 rings (SSSR count). The third kappa shape index (κ3) is 5.82. The number of hydrogen-bond acceptors (Lipinski definition) is 1. The Kier molecular flexibility index (Phi) is 8.19. The molecule has 0 saturated heterocycles. The van der Waals surface area contributed by atoms with Gasteiger partial charge in [-0.15, -0.1) is 0 Å². The van der Waals surface area contributed by atoms with Gasteiger partial charge in [-0.3, -0.25) is 0 Å². The summed E-state index contributed by atoms with van der Waals surface area (Å²) in [4.78, 5) is 2.39. The maximum atomic E-state index is 2.44. The van der Waals surface area contributed by atoms with Crippen molar-refractivity contribution in [3.63, 3.8) is 0 Å². The van der Waals surface area contributed by atoms with Gasteiger partial charge in [0.2, 0.25) is 0 Å². The van der Waals surface area contributed by atoms with E-state index in [0.29, 0.717) is 0 Å². The molecule has 0 aliphatic rings. The lowest BCUT2D eigenvalue weighted by Gasteiger charge is -2.28. The molecular weight excluding hydrogens is 701 g/mol. The van der Waals surface area contributed by atoms with E-state index in [-0.39, 0.29) is 0 Å². The first-order valence-electron chi connectivity index (χ1n) is 19.9. The molecule has 2 heteroatoms. The number of anilines is 3. The summed E-state index contributed by atoms with van der Waals surface area (Å²) in [6, 6.07) is 83.7. The third-order valence-corrected chi connectivity index (χ3v) is 11.6. The Bertz CT molecular complexity index is 3270. The Balaban J connectivity index is 1.04. The molecule has 0 N–H and O–H groups in total. The minimum Gasteiger partial charge on any atom is -0.310 e. The summed E-state index contributed by atoms with van der Waals surface area (Å²) in [5.74, 6) is 0. The molecule has 0 atom stereocenters. The Morgan fingerprint density at radius 1 is 0.293 bits per heavy atom. The highest BCUT2D eigenvalue weighted by molar-refractivity contribution is 6.14. The van der Waals surface area contributed by atoms with Gasteiger partial charge in [-0.05, 0) is 104 Å². The zero-order valence-corrected chi connectivity index (χ0v) is 31.8. The molecule has 1 aromatic heterocycles. The predicted molar refractivity (Wildman–Crippen MR) is 247 cm³/mol. The highest BCUT2D eigenvalue weighted by Crippen LogP contribution is 2.43. The van der Waals surface area contributed by atoms with Gasteiger partial charge in [0.25, 0.3) is 0 Å². The van der Waals surface area contributed by atoms with Gasteiger partial charge in [-0.2, -0.15) is 0 Å². The number of aromatic nitrogens is 1. The summed E-state index contributed by atoms with van der Waals surface area (Å²) in [6.45, 7) is 0. The lowest BCUT2D eigenvalue weighted by atomic mass is 9.99. The van der Waals surface area contributed by atoms with Gasteiger partial charge < -0.3 is 9.47 Å². The largest absolute Gasteiger partial charge is 0.310 e. The number of hydrogen-bond donors (Lipinski definition) is 0. The van der Waals surface area contributed by atoms with Gasteiger partial charge in [0.05, 0.1) is 22.4 Å². The fourth-order valence-electron chi connectivity index (χ4n) is 8.75. The van der Waals surface area contributed by atoms with Crippen molar-refractivity contribution in [3.8, 4) is 39.1 Å². The maximum Gasteiger partial charge on any atom is 0.0547 e. The predicted octanol–water partition coefficient (Wildman–Crippen LogP) is 15.6. The third-order valence-electron chi connectivity index (χ3n) is 11.6. The van der Waals surface area contributed by atoms with Crippen molar-refractivity contribution in [2.24, 2.45) is 0 Å². The zero-order valence-electron chi connectivity index (χ0n) is 31.8. The average Bonchev–Trinajstić information content (AvgIpc) is 3.62. The summed E-state index contributed by atoms with van der Waals surface area (Å²) in [7, 11) is 0. The first kappa shape index (κ1) is 33.6. The highest BCUT2D eigenvalue weighted by Gasteiger charge is 2.19. The van der Waals surface area contributed by atoms with E-state index in [0.717, 1.165) is 28.3 Å². The molecular formula is C56H38N2. The van der Waals surface area contributed by atoms with Crippen LogP contribution in [0.3, 0.4) is 0 Å². The number of rotatable bonds is 7. The van der Waals surface area contributed by atoms with Crippen LogP contribution in [0.4, 0.5) is 17.1 Å². The van der Waals surface area contributed by atoms with Crippen LogP contribution in [-0.2, 0) is 0 Å². The minimum atomic E-state index is 1.09. The standard InChI is InChI=1S/C56H38N2/c1-2-15-41(16-3-1)49-20-8-11-23-53(49)57(47-32-28-40(29-33-47)46-27-26-39-14-4-5-17-43(39)36-46)48-34-30-42(31-35-48)50-21-9-12-24-54(50)58-55-25-13-10-22-51(55)52-37-44-18-6-7-19-45(44)38-56(52)58/h1-38H. The average molecular weight is 739 g/mol. The van der Waals surface area contributed by atoms with E-state index < -0.39 is 0 Å². The second-order valence-corrected chi connectivity index (χ2v) is 15.0. The van der Waals surface area contributed by atoms with Crippen LogP contribution >= 0.6 is 0 Å². The molecule has 0 spiro atoms. The summed E-state index contributed by atoms with van der Waals surface area (Å²) in [6.07, 6.45) is 0. The van der Waals surface area contributed by atoms with E-state index in [9.17, 15) is 0 Å². The Hall–Kier alpha value is -7.68. The van der Waals surface area contributed by atoms with Gasteiger partial charge in [-0.25, -0.2) is 0 Å². The van der Waals surface area contributed by atoms with E-state index in [1.165, 1.54) is 71.2 Å². The van der Waals surface area contributed by atoms with E-state index >= 15 is 0 Å². The van der Waals surface area contributed by atoms with Crippen molar-refractivity contribution >= 4 is 60.4 Å². The van der Waals surface area contributed by atoms with E-state index in [2.05, 4.69) is 240 Å². The summed E-state index contributed by atoms with van der Waals surface area (Å²) in [5, 5.41) is 7.51. The van der Waals surface area contributed by atoms with Crippen LogP contribution < -0.4 is 4.90 Å². The molecule has 1 heterocycles. The van der Waals surface area contributed by atoms with Crippen LogP contribution in [0.25, 0.3) is 82.4 Å². The molecule has 0 aliphatic carbocycles. The molecule has 10 aromatic carbocycles. The molecule has 2 nitrogen and oxygen atoms in total. The van der Waals surface area contributed by atoms with Gasteiger partial charge in [-0.1, -0.05) is 170 Å². The number of para-hydroxylation sites is 3. The zero-order chi connectivity index (χ0) is 38.4. The quantitative estimate of drug-likeness (QED) is 0.158. The monoisotopic (exact) mass is 738 g/mol. The molecule has 0 bridgehead atoms. The fraction of sp³-hybridized carbons (Fsp3) is 0. The van der Waals surface area contributed by atoms with E-state index in [1.807, 2.05) is 0 Å².